The molecule has 1 aromatic heterocycles. The molecule has 7 nitrogen and oxygen atoms in total. The van der Waals surface area contributed by atoms with Crippen LogP contribution in [0.2, 0.25) is 0 Å². The number of nitrogens with zero attached hydrogens (tertiary/aromatic N) is 3. The number of benzene rings is 2. The first-order chi connectivity index (χ1) is 15.6. The van der Waals surface area contributed by atoms with E-state index in [4.69, 9.17) is 0 Å². The van der Waals surface area contributed by atoms with Crippen LogP contribution in [0.1, 0.15) is 35.8 Å². The summed E-state index contributed by atoms with van der Waals surface area (Å²) in [5.74, 6) is 0.969. The van der Waals surface area contributed by atoms with Gasteiger partial charge in [0.15, 0.2) is 11.5 Å². The molecule has 2 amide bonds. The van der Waals surface area contributed by atoms with Crippen LogP contribution >= 0.6 is 0 Å². The topological polar surface area (TPSA) is 87.2 Å². The van der Waals surface area contributed by atoms with Gasteiger partial charge >= 0.3 is 0 Å². The lowest BCUT2D eigenvalue weighted by atomic mass is 9.90. The number of anilines is 3. The molecular weight excluding hydrogens is 402 g/mol. The van der Waals surface area contributed by atoms with Gasteiger partial charge in [0.2, 0.25) is 5.91 Å². The Morgan fingerprint density at radius 3 is 2.28 bits per heavy atom. The maximum Gasteiger partial charge on any atom is 0.276 e. The number of hydrogen-bond donors (Lipinski definition) is 2. The largest absolute Gasteiger partial charge is 0.355 e. The van der Waals surface area contributed by atoms with Crippen LogP contribution in [0.5, 0.6) is 0 Å². The highest BCUT2D eigenvalue weighted by Crippen LogP contribution is 2.24. The SMILES string of the molecule is CC(=O)Nc1cccc(NC(=O)c2ccc(N3CCC(Cc4ccccc4)CC3)nn2)c1. The van der Waals surface area contributed by atoms with Gasteiger partial charge in [-0.1, -0.05) is 36.4 Å². The number of piperidine rings is 1. The molecule has 2 N–H and O–H groups in total. The van der Waals surface area contributed by atoms with Crippen molar-refractivity contribution in [1.29, 1.82) is 0 Å². The van der Waals surface area contributed by atoms with E-state index in [1.54, 1.807) is 30.3 Å². The lowest BCUT2D eigenvalue weighted by molar-refractivity contribution is -0.114. The van der Waals surface area contributed by atoms with Crippen LogP contribution in [-0.2, 0) is 11.2 Å². The molecule has 1 fully saturated rings. The molecule has 164 valence electrons. The van der Waals surface area contributed by atoms with Gasteiger partial charge in [0.25, 0.3) is 5.91 Å². The average molecular weight is 430 g/mol. The lowest BCUT2D eigenvalue weighted by Gasteiger charge is -2.32. The van der Waals surface area contributed by atoms with Gasteiger partial charge in [-0.2, -0.15) is 0 Å². The highest BCUT2D eigenvalue weighted by atomic mass is 16.2. The van der Waals surface area contributed by atoms with Crippen molar-refractivity contribution in [2.45, 2.75) is 26.2 Å². The van der Waals surface area contributed by atoms with Gasteiger partial charge in [0.05, 0.1) is 0 Å². The first kappa shape index (κ1) is 21.5. The second-order valence-electron chi connectivity index (χ2n) is 8.11. The van der Waals surface area contributed by atoms with Gasteiger partial charge in [-0.25, -0.2) is 0 Å². The van der Waals surface area contributed by atoms with Crippen molar-refractivity contribution in [3.8, 4) is 0 Å². The molecule has 0 saturated carbocycles. The number of hydrogen-bond acceptors (Lipinski definition) is 5. The first-order valence-corrected chi connectivity index (χ1v) is 10.9. The van der Waals surface area contributed by atoms with Gasteiger partial charge < -0.3 is 15.5 Å². The second-order valence-corrected chi connectivity index (χ2v) is 8.11. The van der Waals surface area contributed by atoms with Crippen molar-refractivity contribution in [3.05, 3.63) is 78.0 Å². The van der Waals surface area contributed by atoms with Crippen LogP contribution in [0.25, 0.3) is 0 Å². The van der Waals surface area contributed by atoms with Gasteiger partial charge in [-0.05, 0) is 61.1 Å². The van der Waals surface area contributed by atoms with Crippen LogP contribution < -0.4 is 15.5 Å². The lowest BCUT2D eigenvalue weighted by Crippen LogP contribution is -2.35. The number of carbonyl (C=O) groups is 2. The Labute approximate surface area is 187 Å². The zero-order valence-corrected chi connectivity index (χ0v) is 18.1. The molecule has 2 heterocycles. The van der Waals surface area contributed by atoms with Crippen LogP contribution in [0.4, 0.5) is 17.2 Å². The minimum Gasteiger partial charge on any atom is -0.355 e. The highest BCUT2D eigenvalue weighted by Gasteiger charge is 2.21. The Bertz CT molecular complexity index is 1060. The molecule has 1 aliphatic rings. The van der Waals surface area contributed by atoms with E-state index in [0.717, 1.165) is 38.2 Å². The Balaban J connectivity index is 1.31. The molecule has 0 unspecified atom stereocenters. The van der Waals surface area contributed by atoms with E-state index in [-0.39, 0.29) is 17.5 Å². The summed E-state index contributed by atoms with van der Waals surface area (Å²) in [7, 11) is 0. The van der Waals surface area contributed by atoms with E-state index in [1.165, 1.54) is 12.5 Å². The van der Waals surface area contributed by atoms with Gasteiger partial charge in [0.1, 0.15) is 0 Å². The van der Waals surface area contributed by atoms with E-state index in [0.29, 0.717) is 17.3 Å². The van der Waals surface area contributed by atoms with Gasteiger partial charge in [0, 0.05) is 31.4 Å². The third-order valence-corrected chi connectivity index (χ3v) is 5.63. The maximum absolute atomic E-state index is 12.5. The predicted octanol–water partition coefficient (Wildman–Crippen LogP) is 4.15. The van der Waals surface area contributed by atoms with Crippen molar-refractivity contribution in [1.82, 2.24) is 10.2 Å². The number of carbonyl (C=O) groups excluding carboxylic acids is 2. The third-order valence-electron chi connectivity index (χ3n) is 5.63. The minimum absolute atomic E-state index is 0.168. The Kier molecular flexibility index (Phi) is 6.75. The Hall–Kier alpha value is -3.74. The van der Waals surface area contributed by atoms with E-state index in [1.807, 2.05) is 6.07 Å². The van der Waals surface area contributed by atoms with Gasteiger partial charge in [-0.15, -0.1) is 10.2 Å². The summed E-state index contributed by atoms with van der Waals surface area (Å²) < 4.78 is 0. The molecule has 1 aliphatic heterocycles. The normalized spacial score (nSPS) is 14.1. The van der Waals surface area contributed by atoms with Crippen molar-refractivity contribution >= 4 is 29.0 Å². The Morgan fingerprint density at radius 1 is 0.906 bits per heavy atom. The fraction of sp³-hybridized carbons (Fsp3) is 0.280. The van der Waals surface area contributed by atoms with Crippen LogP contribution in [0, 0.1) is 5.92 Å². The summed E-state index contributed by atoms with van der Waals surface area (Å²) >= 11 is 0. The zero-order chi connectivity index (χ0) is 22.3. The molecule has 32 heavy (non-hydrogen) atoms. The zero-order valence-electron chi connectivity index (χ0n) is 18.1. The van der Waals surface area contributed by atoms with E-state index < -0.39 is 0 Å². The molecule has 7 heteroatoms. The van der Waals surface area contributed by atoms with Crippen LogP contribution in [0.3, 0.4) is 0 Å². The van der Waals surface area contributed by atoms with Gasteiger partial charge in [-0.3, -0.25) is 9.59 Å². The quantitative estimate of drug-likeness (QED) is 0.615. The summed E-state index contributed by atoms with van der Waals surface area (Å²) in [5, 5.41) is 13.9. The number of rotatable bonds is 6. The summed E-state index contributed by atoms with van der Waals surface area (Å²) in [4.78, 5) is 26.0. The predicted molar refractivity (Wildman–Crippen MR) is 126 cm³/mol. The van der Waals surface area contributed by atoms with E-state index >= 15 is 0 Å². The van der Waals surface area contributed by atoms with Crippen molar-refractivity contribution in [3.63, 3.8) is 0 Å². The molecule has 4 rings (SSSR count). The Morgan fingerprint density at radius 2 is 1.62 bits per heavy atom. The molecule has 3 aromatic rings. The van der Waals surface area contributed by atoms with Crippen LogP contribution in [0.15, 0.2) is 66.7 Å². The molecule has 0 radical (unpaired) electrons. The van der Waals surface area contributed by atoms with E-state index in [2.05, 4.69) is 56.1 Å². The average Bonchev–Trinajstić information content (AvgIpc) is 2.80. The molecule has 0 aliphatic carbocycles. The highest BCUT2D eigenvalue weighted by molar-refractivity contribution is 6.03. The number of aromatic nitrogens is 2. The van der Waals surface area contributed by atoms with E-state index in [9.17, 15) is 9.59 Å². The number of amides is 2. The molecule has 2 aromatic carbocycles. The summed E-state index contributed by atoms with van der Waals surface area (Å²) in [6, 6.07) is 21.2. The summed E-state index contributed by atoms with van der Waals surface area (Å²) in [6.07, 6.45) is 3.34. The summed E-state index contributed by atoms with van der Waals surface area (Å²) in [6.45, 7) is 3.31. The molecular formula is C25H27N5O2. The molecule has 0 atom stereocenters. The minimum atomic E-state index is -0.342. The monoisotopic (exact) mass is 429 g/mol. The third kappa shape index (κ3) is 5.69. The van der Waals surface area contributed by atoms with Crippen LogP contribution in [-0.4, -0.2) is 35.1 Å². The standard InChI is InChI=1S/C25H27N5O2/c1-18(31)26-21-8-5-9-22(17-21)27-25(32)23-10-11-24(29-28-23)30-14-12-20(13-15-30)16-19-6-3-2-4-7-19/h2-11,17,20H,12-16H2,1H3,(H,26,31)(H,27,32). The second kappa shape index (κ2) is 10.0. The smallest absolute Gasteiger partial charge is 0.276 e. The number of nitrogens with one attached hydrogen (secondary N) is 2. The first-order valence-electron chi connectivity index (χ1n) is 10.9. The summed E-state index contributed by atoms with van der Waals surface area (Å²) in [5.41, 5.74) is 2.83. The fourth-order valence-electron chi connectivity index (χ4n) is 4.00. The van der Waals surface area contributed by atoms with Crippen molar-refractivity contribution in [2.75, 3.05) is 28.6 Å². The maximum atomic E-state index is 12.5. The molecule has 0 spiro atoms. The molecule has 0 bridgehead atoms. The van der Waals surface area contributed by atoms with Crippen molar-refractivity contribution < 1.29 is 9.59 Å². The van der Waals surface area contributed by atoms with Crippen molar-refractivity contribution in [2.24, 2.45) is 5.92 Å². The molecule has 1 saturated heterocycles. The fourth-order valence-corrected chi connectivity index (χ4v) is 4.00.